The predicted octanol–water partition coefficient (Wildman–Crippen LogP) is 3.23. The molecule has 19 heavy (non-hydrogen) atoms. The molecule has 106 valence electrons. The van der Waals surface area contributed by atoms with E-state index in [0.29, 0.717) is 24.7 Å². The molecule has 5 heteroatoms. The van der Waals surface area contributed by atoms with Crippen molar-refractivity contribution in [3.05, 3.63) is 29.3 Å². The van der Waals surface area contributed by atoms with Crippen molar-refractivity contribution in [2.75, 3.05) is 32.1 Å². The van der Waals surface area contributed by atoms with Crippen molar-refractivity contribution in [1.82, 2.24) is 4.90 Å². The topological polar surface area (TPSA) is 6.48 Å². The Labute approximate surface area is 117 Å². The van der Waals surface area contributed by atoms with E-state index < -0.39 is 11.6 Å². The third kappa shape index (κ3) is 3.18. The quantitative estimate of drug-likeness (QED) is 0.788. The molecule has 1 saturated heterocycles. The lowest BCUT2D eigenvalue weighted by molar-refractivity contribution is 0.249. The van der Waals surface area contributed by atoms with Gasteiger partial charge in [0, 0.05) is 25.0 Å². The fourth-order valence-electron chi connectivity index (χ4n) is 2.60. The Morgan fingerprint density at radius 1 is 1.21 bits per heavy atom. The molecular formula is C14H19ClF2N2. The first-order chi connectivity index (χ1) is 9.02. The molecule has 1 fully saturated rings. The normalized spacial score (nSPS) is 17.3. The summed E-state index contributed by atoms with van der Waals surface area (Å²) in [6.07, 6.45) is 1.84. The number of benzene rings is 1. The monoisotopic (exact) mass is 288 g/mol. The minimum absolute atomic E-state index is 0.0890. The van der Waals surface area contributed by atoms with Crippen LogP contribution in [0.2, 0.25) is 0 Å². The van der Waals surface area contributed by atoms with Gasteiger partial charge in [-0.2, -0.15) is 0 Å². The van der Waals surface area contributed by atoms with Crippen molar-refractivity contribution in [2.24, 2.45) is 0 Å². The Bertz CT molecular complexity index is 420. The van der Waals surface area contributed by atoms with Gasteiger partial charge >= 0.3 is 0 Å². The molecule has 0 aliphatic carbocycles. The van der Waals surface area contributed by atoms with Gasteiger partial charge in [-0.05, 0) is 44.6 Å². The number of hydrogen-bond donors (Lipinski definition) is 0. The maximum Gasteiger partial charge on any atom is 0.149 e. The SMILES string of the molecule is CN(C)C1CCN(c2c(F)cc(CCl)cc2F)CC1. The molecule has 1 aromatic carbocycles. The average molecular weight is 289 g/mol. The predicted molar refractivity (Wildman–Crippen MR) is 74.8 cm³/mol. The molecule has 0 spiro atoms. The Balaban J connectivity index is 2.15. The highest BCUT2D eigenvalue weighted by molar-refractivity contribution is 6.17. The first-order valence-electron chi connectivity index (χ1n) is 6.48. The van der Waals surface area contributed by atoms with Crippen LogP contribution in [0, 0.1) is 11.6 Å². The second kappa shape index (κ2) is 6.06. The minimum Gasteiger partial charge on any atom is -0.367 e. The van der Waals surface area contributed by atoms with E-state index in [9.17, 15) is 8.78 Å². The highest BCUT2D eigenvalue weighted by atomic mass is 35.5. The van der Waals surface area contributed by atoms with Gasteiger partial charge in [0.1, 0.15) is 17.3 Å². The summed E-state index contributed by atoms with van der Waals surface area (Å²) in [7, 11) is 4.08. The Morgan fingerprint density at radius 2 is 1.74 bits per heavy atom. The van der Waals surface area contributed by atoms with Crippen LogP contribution in [0.1, 0.15) is 18.4 Å². The third-order valence-corrected chi connectivity index (χ3v) is 4.05. The van der Waals surface area contributed by atoms with Gasteiger partial charge in [-0.1, -0.05) is 0 Å². The Morgan fingerprint density at radius 3 is 2.16 bits per heavy atom. The lowest BCUT2D eigenvalue weighted by Gasteiger charge is -2.36. The highest BCUT2D eigenvalue weighted by Gasteiger charge is 2.24. The zero-order valence-corrected chi connectivity index (χ0v) is 12.1. The second-order valence-electron chi connectivity index (χ2n) is 5.22. The van der Waals surface area contributed by atoms with Crippen LogP contribution in [-0.4, -0.2) is 38.1 Å². The molecule has 0 amide bonds. The van der Waals surface area contributed by atoms with Crippen LogP contribution in [-0.2, 0) is 5.88 Å². The van der Waals surface area contributed by atoms with Gasteiger partial charge in [-0.25, -0.2) is 8.78 Å². The molecule has 0 saturated carbocycles. The van der Waals surface area contributed by atoms with Crippen LogP contribution >= 0.6 is 11.6 Å². The fraction of sp³-hybridized carbons (Fsp3) is 0.571. The molecule has 0 aromatic heterocycles. The van der Waals surface area contributed by atoms with E-state index in [1.807, 2.05) is 14.1 Å². The number of hydrogen-bond acceptors (Lipinski definition) is 2. The standard InChI is InChI=1S/C14H19ClF2N2/c1-18(2)11-3-5-19(6-4-11)14-12(16)7-10(9-15)8-13(14)17/h7-8,11H,3-6,9H2,1-2H3. The maximum absolute atomic E-state index is 14.0. The molecule has 1 aromatic rings. The number of alkyl halides is 1. The van der Waals surface area contributed by atoms with Gasteiger partial charge in [0.05, 0.1) is 0 Å². The molecule has 0 atom stereocenters. The van der Waals surface area contributed by atoms with Crippen LogP contribution in [0.4, 0.5) is 14.5 Å². The molecule has 0 radical (unpaired) electrons. The van der Waals surface area contributed by atoms with Crippen LogP contribution in [0.25, 0.3) is 0 Å². The van der Waals surface area contributed by atoms with Crippen LogP contribution in [0.15, 0.2) is 12.1 Å². The van der Waals surface area contributed by atoms with Crippen molar-refractivity contribution in [1.29, 1.82) is 0 Å². The van der Waals surface area contributed by atoms with Crippen molar-refractivity contribution in [3.63, 3.8) is 0 Å². The Kier molecular flexibility index (Phi) is 4.63. The molecule has 1 aliphatic heterocycles. The summed E-state index contributed by atoms with van der Waals surface area (Å²) >= 11 is 5.61. The minimum atomic E-state index is -0.515. The van der Waals surface area contributed by atoms with Crippen molar-refractivity contribution < 1.29 is 8.78 Å². The van der Waals surface area contributed by atoms with Crippen LogP contribution in [0.5, 0.6) is 0 Å². The van der Waals surface area contributed by atoms with E-state index in [4.69, 9.17) is 11.6 Å². The smallest absolute Gasteiger partial charge is 0.149 e. The van der Waals surface area contributed by atoms with Gasteiger partial charge in [0.2, 0.25) is 0 Å². The highest BCUT2D eigenvalue weighted by Crippen LogP contribution is 2.28. The summed E-state index contributed by atoms with van der Waals surface area (Å²) < 4.78 is 28.0. The lowest BCUT2D eigenvalue weighted by atomic mass is 10.0. The number of anilines is 1. The zero-order chi connectivity index (χ0) is 14.0. The first-order valence-corrected chi connectivity index (χ1v) is 7.01. The first kappa shape index (κ1) is 14.5. The summed E-state index contributed by atoms with van der Waals surface area (Å²) in [4.78, 5) is 3.96. The van der Waals surface area contributed by atoms with E-state index in [2.05, 4.69) is 4.90 Å². The molecule has 2 rings (SSSR count). The van der Waals surface area contributed by atoms with E-state index in [1.54, 1.807) is 4.90 Å². The fourth-order valence-corrected chi connectivity index (χ4v) is 2.76. The lowest BCUT2D eigenvalue weighted by Crippen LogP contribution is -2.42. The summed E-state index contributed by atoms with van der Waals surface area (Å²) in [5.74, 6) is -0.908. The Hall–Kier alpha value is -0.870. The van der Waals surface area contributed by atoms with E-state index in [1.165, 1.54) is 12.1 Å². The number of piperidine rings is 1. The molecule has 1 aliphatic rings. The summed E-state index contributed by atoms with van der Waals surface area (Å²) in [5, 5.41) is 0. The van der Waals surface area contributed by atoms with Crippen molar-refractivity contribution >= 4 is 17.3 Å². The molecule has 2 nitrogen and oxygen atoms in total. The summed E-state index contributed by atoms with van der Waals surface area (Å²) in [6, 6.07) is 3.14. The van der Waals surface area contributed by atoms with E-state index >= 15 is 0 Å². The molecular weight excluding hydrogens is 270 g/mol. The van der Waals surface area contributed by atoms with E-state index in [0.717, 1.165) is 12.8 Å². The maximum atomic E-state index is 14.0. The number of nitrogens with zero attached hydrogens (tertiary/aromatic N) is 2. The van der Waals surface area contributed by atoms with Gasteiger partial charge in [0.25, 0.3) is 0 Å². The molecule has 0 bridgehead atoms. The molecule has 1 heterocycles. The second-order valence-corrected chi connectivity index (χ2v) is 5.49. The summed E-state index contributed by atoms with van der Waals surface area (Å²) in [5.41, 5.74) is 0.565. The van der Waals surface area contributed by atoms with Gasteiger partial charge in [-0.3, -0.25) is 0 Å². The zero-order valence-electron chi connectivity index (χ0n) is 11.3. The largest absolute Gasteiger partial charge is 0.367 e. The van der Waals surface area contributed by atoms with Crippen molar-refractivity contribution in [2.45, 2.75) is 24.8 Å². The van der Waals surface area contributed by atoms with Crippen LogP contribution < -0.4 is 4.90 Å². The van der Waals surface area contributed by atoms with E-state index in [-0.39, 0.29) is 11.6 Å². The average Bonchev–Trinajstić information content (AvgIpc) is 2.38. The number of rotatable bonds is 3. The van der Waals surface area contributed by atoms with Gasteiger partial charge < -0.3 is 9.80 Å². The number of halogens is 3. The summed E-state index contributed by atoms with van der Waals surface area (Å²) in [6.45, 7) is 1.35. The third-order valence-electron chi connectivity index (χ3n) is 3.74. The molecule has 0 N–H and O–H groups in total. The van der Waals surface area contributed by atoms with Crippen LogP contribution in [0.3, 0.4) is 0 Å². The van der Waals surface area contributed by atoms with Crippen molar-refractivity contribution in [3.8, 4) is 0 Å². The van der Waals surface area contributed by atoms with Gasteiger partial charge in [-0.15, -0.1) is 11.6 Å². The van der Waals surface area contributed by atoms with Gasteiger partial charge in [0.15, 0.2) is 0 Å². The molecule has 0 unspecified atom stereocenters.